The van der Waals surface area contributed by atoms with E-state index in [1.807, 2.05) is 26.1 Å². The average molecular weight is 341 g/mol. The van der Waals surface area contributed by atoms with Gasteiger partial charge in [-0.25, -0.2) is 0 Å². The number of hydrogen-bond donors (Lipinski definition) is 0. The van der Waals surface area contributed by atoms with Gasteiger partial charge in [0.2, 0.25) is 0 Å². The average Bonchev–Trinajstić information content (AvgIpc) is 2.39. The monoisotopic (exact) mass is 340 g/mol. The second kappa shape index (κ2) is 10.3. The largest absolute Gasteiger partial charge is 0.272 e. The van der Waals surface area contributed by atoms with Crippen molar-refractivity contribution in [2.45, 2.75) is 40.5 Å². The molecule has 110 valence electrons. The summed E-state index contributed by atoms with van der Waals surface area (Å²) in [5, 5.41) is 10.3. The molecule has 0 aliphatic carbocycles. The molecule has 0 saturated carbocycles. The van der Waals surface area contributed by atoms with E-state index in [2.05, 4.69) is 27.8 Å². The molecule has 0 N–H and O–H groups in total. The van der Waals surface area contributed by atoms with Crippen molar-refractivity contribution in [1.29, 1.82) is 0 Å². The summed E-state index contributed by atoms with van der Waals surface area (Å²) in [6.45, 7) is 7.74. The van der Waals surface area contributed by atoms with E-state index in [0.717, 1.165) is 28.6 Å². The van der Waals surface area contributed by atoms with Crippen molar-refractivity contribution in [2.75, 3.05) is 0 Å². The van der Waals surface area contributed by atoms with Crippen LogP contribution in [0.4, 0.5) is 5.69 Å². The minimum atomic E-state index is -0.366. The topological polar surface area (TPSA) is 55.5 Å². The third-order valence-electron chi connectivity index (χ3n) is 2.42. The van der Waals surface area contributed by atoms with E-state index < -0.39 is 0 Å². The summed E-state index contributed by atoms with van der Waals surface area (Å²) in [7, 11) is 0. The molecule has 4 nitrogen and oxygen atoms in total. The van der Waals surface area contributed by atoms with Crippen LogP contribution in [0.2, 0.25) is 0 Å². The van der Waals surface area contributed by atoms with Gasteiger partial charge in [-0.2, -0.15) is 0 Å². The molecule has 1 aromatic carbocycles. The van der Waals surface area contributed by atoms with Crippen molar-refractivity contribution in [2.24, 2.45) is 4.99 Å². The third-order valence-corrected chi connectivity index (χ3v) is 3.08. The molecule has 0 atom stereocenters. The first-order valence-electron chi connectivity index (χ1n) is 6.48. The first-order valence-corrected chi connectivity index (χ1v) is 7.27. The highest BCUT2D eigenvalue weighted by atomic mass is 79.9. The first kappa shape index (κ1) is 18.5. The molecule has 0 amide bonds. The van der Waals surface area contributed by atoms with E-state index >= 15 is 0 Å². The lowest BCUT2D eigenvalue weighted by Gasteiger charge is -1.96. The fourth-order valence-corrected chi connectivity index (χ4v) is 1.51. The van der Waals surface area contributed by atoms with Gasteiger partial charge in [0.05, 0.1) is 4.92 Å². The second-order valence-corrected chi connectivity index (χ2v) is 5.07. The number of nitro groups is 1. The maximum Gasteiger partial charge on any atom is 0.272 e. The molecule has 0 unspecified atom stereocenters. The number of unbranched alkanes of at least 4 members (excludes halogenated alkanes) is 1. The fraction of sp³-hybridized carbons (Fsp3) is 0.400. The summed E-state index contributed by atoms with van der Waals surface area (Å²) in [5.41, 5.74) is 1.96. The SMILES string of the molecule is C/C=C(Br)\N=C/CCC.Cc1ccc([N+](=O)[O-])c(C)c1. The van der Waals surface area contributed by atoms with Crippen LogP contribution in [0.3, 0.4) is 0 Å². The lowest BCUT2D eigenvalue weighted by molar-refractivity contribution is -0.385. The van der Waals surface area contributed by atoms with Crippen molar-refractivity contribution >= 4 is 27.8 Å². The summed E-state index contributed by atoms with van der Waals surface area (Å²) in [6.07, 6.45) is 6.06. The predicted molar refractivity (Wildman–Crippen MR) is 88.7 cm³/mol. The number of aliphatic imine (C=N–C) groups is 1. The van der Waals surface area contributed by atoms with Crippen LogP contribution in [0.15, 0.2) is 33.9 Å². The lowest BCUT2D eigenvalue weighted by Crippen LogP contribution is -1.91. The Morgan fingerprint density at radius 1 is 1.45 bits per heavy atom. The van der Waals surface area contributed by atoms with Gasteiger partial charge in [0.15, 0.2) is 0 Å². The van der Waals surface area contributed by atoms with Crippen LogP contribution in [0.5, 0.6) is 0 Å². The number of aryl methyl sites for hydroxylation is 2. The van der Waals surface area contributed by atoms with Gasteiger partial charge in [-0.1, -0.05) is 31.1 Å². The van der Waals surface area contributed by atoms with Gasteiger partial charge in [0.25, 0.3) is 5.69 Å². The Morgan fingerprint density at radius 3 is 2.55 bits per heavy atom. The van der Waals surface area contributed by atoms with Crippen molar-refractivity contribution < 1.29 is 4.92 Å². The lowest BCUT2D eigenvalue weighted by atomic mass is 10.1. The molecule has 0 bridgehead atoms. The van der Waals surface area contributed by atoms with Crippen molar-refractivity contribution in [3.05, 3.63) is 50.1 Å². The standard InChI is InChI=1S/C8H9NO2.C7H12BrN/c1-6-3-4-8(9(10)11)7(2)5-6;1-3-5-6-9-7(8)4-2/h3-5H,1-2H3;4,6H,3,5H2,1-2H3/b;7-4-,9-6-. The van der Waals surface area contributed by atoms with Crippen molar-refractivity contribution in [3.63, 3.8) is 0 Å². The zero-order valence-electron chi connectivity index (χ0n) is 12.4. The maximum absolute atomic E-state index is 10.3. The van der Waals surface area contributed by atoms with E-state index in [1.54, 1.807) is 19.1 Å². The maximum atomic E-state index is 10.3. The van der Waals surface area contributed by atoms with Gasteiger partial charge in [-0.15, -0.1) is 0 Å². The van der Waals surface area contributed by atoms with Crippen LogP contribution in [0.25, 0.3) is 0 Å². The molecule has 0 aromatic heterocycles. The van der Waals surface area contributed by atoms with Crippen LogP contribution in [0, 0.1) is 24.0 Å². The summed E-state index contributed by atoms with van der Waals surface area (Å²) in [5.74, 6) is 0. The Labute approximate surface area is 128 Å². The summed E-state index contributed by atoms with van der Waals surface area (Å²) in [4.78, 5) is 14.1. The zero-order chi connectivity index (χ0) is 15.5. The molecule has 0 saturated heterocycles. The molecule has 1 rings (SSSR count). The van der Waals surface area contributed by atoms with Crippen molar-refractivity contribution in [1.82, 2.24) is 0 Å². The third kappa shape index (κ3) is 7.84. The van der Waals surface area contributed by atoms with Crippen LogP contribution in [-0.4, -0.2) is 11.1 Å². The summed E-state index contributed by atoms with van der Waals surface area (Å²) >= 11 is 3.27. The van der Waals surface area contributed by atoms with Crippen molar-refractivity contribution in [3.8, 4) is 0 Å². The summed E-state index contributed by atoms with van der Waals surface area (Å²) < 4.78 is 0.913. The number of halogens is 1. The van der Waals surface area contributed by atoms with Gasteiger partial charge in [-0.3, -0.25) is 15.1 Å². The van der Waals surface area contributed by atoms with Gasteiger partial charge in [-0.05, 0) is 49.2 Å². The molecule has 1 aromatic rings. The number of rotatable bonds is 4. The Kier molecular flexibility index (Phi) is 9.55. The minimum Gasteiger partial charge on any atom is -0.258 e. The van der Waals surface area contributed by atoms with E-state index in [9.17, 15) is 10.1 Å². The highest BCUT2D eigenvalue weighted by Crippen LogP contribution is 2.17. The molecule has 5 heteroatoms. The minimum absolute atomic E-state index is 0.190. The number of hydrogen-bond acceptors (Lipinski definition) is 3. The van der Waals surface area contributed by atoms with Crippen LogP contribution in [-0.2, 0) is 0 Å². The zero-order valence-corrected chi connectivity index (χ0v) is 14.0. The van der Waals surface area contributed by atoms with E-state index in [0.29, 0.717) is 0 Å². The molecule has 0 heterocycles. The molecular weight excluding hydrogens is 320 g/mol. The van der Waals surface area contributed by atoms with Gasteiger partial charge >= 0.3 is 0 Å². The van der Waals surface area contributed by atoms with E-state index in [-0.39, 0.29) is 10.6 Å². The highest BCUT2D eigenvalue weighted by molar-refractivity contribution is 9.11. The van der Waals surface area contributed by atoms with Gasteiger partial charge < -0.3 is 0 Å². The molecule has 0 fully saturated rings. The van der Waals surface area contributed by atoms with E-state index in [4.69, 9.17) is 0 Å². The Bertz CT molecular complexity index is 497. The van der Waals surface area contributed by atoms with Crippen LogP contribution < -0.4 is 0 Å². The van der Waals surface area contributed by atoms with Crippen LogP contribution in [0.1, 0.15) is 37.8 Å². The molecule has 20 heavy (non-hydrogen) atoms. The van der Waals surface area contributed by atoms with E-state index in [1.165, 1.54) is 6.07 Å². The molecule has 0 radical (unpaired) electrons. The number of nitrogens with zero attached hydrogens (tertiary/aromatic N) is 2. The fourth-order valence-electron chi connectivity index (χ4n) is 1.37. The molecule has 0 spiro atoms. The van der Waals surface area contributed by atoms with Crippen LogP contribution >= 0.6 is 15.9 Å². The smallest absolute Gasteiger partial charge is 0.258 e. The molecule has 0 aliphatic heterocycles. The Morgan fingerprint density at radius 2 is 2.10 bits per heavy atom. The normalized spacial score (nSPS) is 11.2. The molecule has 0 aliphatic rings. The second-order valence-electron chi connectivity index (χ2n) is 4.26. The highest BCUT2D eigenvalue weighted by Gasteiger charge is 2.07. The Balaban J connectivity index is 0.000000370. The number of benzene rings is 1. The molecular formula is C15H21BrN2O2. The first-order chi connectivity index (χ1) is 9.42. The van der Waals surface area contributed by atoms with Gasteiger partial charge in [0, 0.05) is 17.8 Å². The number of nitro benzene ring substituents is 1. The predicted octanol–water partition coefficient (Wildman–Crippen LogP) is 5.33. The summed E-state index contributed by atoms with van der Waals surface area (Å²) in [6, 6.07) is 5.08. The number of allylic oxidation sites excluding steroid dienone is 1. The Hall–Kier alpha value is -1.49. The quantitative estimate of drug-likeness (QED) is 0.322. The van der Waals surface area contributed by atoms with Gasteiger partial charge in [0.1, 0.15) is 4.61 Å².